The Balaban J connectivity index is 2.46. The van der Waals surface area contributed by atoms with Gasteiger partial charge >= 0.3 is 6.18 Å². The van der Waals surface area contributed by atoms with Crippen LogP contribution in [0.5, 0.6) is 0 Å². The molecule has 1 N–H and O–H groups in total. The molecule has 1 aliphatic heterocycles. The average molecular weight is 271 g/mol. The molecule has 1 heterocycles. The van der Waals surface area contributed by atoms with Crippen LogP contribution >= 0.6 is 0 Å². The number of alkyl halides is 3. The molecule has 1 aliphatic rings. The van der Waals surface area contributed by atoms with Crippen LogP contribution in [0.4, 0.5) is 13.2 Å². The molecule has 0 aliphatic carbocycles. The summed E-state index contributed by atoms with van der Waals surface area (Å²) in [6.07, 6.45) is -2.22. The molecule has 1 nitrogen and oxygen atoms in total. The highest BCUT2D eigenvalue weighted by Gasteiger charge is 2.40. The number of nitrogens with one attached hydrogen (secondary N) is 1. The lowest BCUT2D eigenvalue weighted by Crippen LogP contribution is -2.42. The van der Waals surface area contributed by atoms with Crippen LogP contribution in [-0.2, 0) is 11.7 Å². The van der Waals surface area contributed by atoms with Crippen molar-refractivity contribution >= 4 is 0 Å². The minimum atomic E-state index is -4.27. The van der Waals surface area contributed by atoms with E-state index in [4.69, 9.17) is 0 Å². The van der Waals surface area contributed by atoms with E-state index in [1.165, 1.54) is 12.1 Å². The number of hydrogen-bond acceptors (Lipinski definition) is 1. The van der Waals surface area contributed by atoms with Gasteiger partial charge in [-0.2, -0.15) is 13.2 Å². The predicted octanol–water partition coefficient (Wildman–Crippen LogP) is 4.25. The molecule has 0 bridgehead atoms. The van der Waals surface area contributed by atoms with Crippen molar-refractivity contribution in [1.29, 1.82) is 0 Å². The smallest absolute Gasteiger partial charge is 0.307 e. The molecular weight excluding hydrogens is 251 g/mol. The fraction of sp³-hybridized carbons (Fsp3) is 0.600. The molecular formula is C15H20F3N. The summed E-state index contributed by atoms with van der Waals surface area (Å²) in [5, 5.41) is 3.50. The molecule has 1 saturated heterocycles. The lowest BCUT2D eigenvalue weighted by molar-refractivity contribution is -0.137. The van der Waals surface area contributed by atoms with Crippen molar-refractivity contribution in [3.05, 3.63) is 34.9 Å². The zero-order chi connectivity index (χ0) is 14.3. The van der Waals surface area contributed by atoms with Gasteiger partial charge in [-0.1, -0.05) is 19.9 Å². The fourth-order valence-corrected chi connectivity index (χ4v) is 3.14. The number of rotatable bonds is 2. The Kier molecular flexibility index (Phi) is 3.65. The van der Waals surface area contributed by atoms with Gasteiger partial charge in [0, 0.05) is 5.54 Å². The van der Waals surface area contributed by atoms with E-state index < -0.39 is 11.7 Å². The Bertz CT molecular complexity index is 457. The highest BCUT2D eigenvalue weighted by atomic mass is 19.4. The molecule has 1 fully saturated rings. The van der Waals surface area contributed by atoms with Crippen molar-refractivity contribution in [1.82, 2.24) is 5.32 Å². The first-order chi connectivity index (χ1) is 8.77. The van der Waals surface area contributed by atoms with Gasteiger partial charge in [-0.25, -0.2) is 0 Å². The quantitative estimate of drug-likeness (QED) is 0.848. The van der Waals surface area contributed by atoms with Crippen molar-refractivity contribution in [3.63, 3.8) is 0 Å². The second-order valence-corrected chi connectivity index (χ2v) is 5.68. The second-order valence-electron chi connectivity index (χ2n) is 5.68. The Labute approximate surface area is 112 Å². The Morgan fingerprint density at radius 3 is 2.37 bits per heavy atom. The Morgan fingerprint density at radius 2 is 1.95 bits per heavy atom. The second kappa shape index (κ2) is 4.82. The van der Waals surface area contributed by atoms with Crippen LogP contribution < -0.4 is 5.32 Å². The van der Waals surface area contributed by atoms with Crippen LogP contribution in [0.15, 0.2) is 18.2 Å². The van der Waals surface area contributed by atoms with Gasteiger partial charge in [0.05, 0.1) is 5.56 Å². The standard InChI is InChI=1S/C15H20F3N/c1-10(2)14(7-4-8-19-14)13-6-5-12(9-11(13)3)15(16,17)18/h5-6,9-10,19H,4,7-8H2,1-3H3. The first-order valence-corrected chi connectivity index (χ1v) is 6.71. The minimum absolute atomic E-state index is 0.172. The molecule has 1 aromatic carbocycles. The summed E-state index contributed by atoms with van der Waals surface area (Å²) >= 11 is 0. The molecule has 0 aromatic heterocycles. The van der Waals surface area contributed by atoms with Gasteiger partial charge in [-0.3, -0.25) is 0 Å². The molecule has 1 atom stereocenters. The monoisotopic (exact) mass is 271 g/mol. The lowest BCUT2D eigenvalue weighted by atomic mass is 9.76. The van der Waals surface area contributed by atoms with Crippen LogP contribution in [0, 0.1) is 12.8 Å². The molecule has 1 unspecified atom stereocenters. The summed E-state index contributed by atoms with van der Waals surface area (Å²) in [6.45, 7) is 6.94. The van der Waals surface area contributed by atoms with Gasteiger partial charge in [-0.05, 0) is 55.5 Å². The summed E-state index contributed by atoms with van der Waals surface area (Å²) in [4.78, 5) is 0. The van der Waals surface area contributed by atoms with E-state index in [0.29, 0.717) is 5.92 Å². The Morgan fingerprint density at radius 1 is 1.26 bits per heavy atom. The number of halogens is 3. The maximum Gasteiger partial charge on any atom is 0.416 e. The van der Waals surface area contributed by atoms with Gasteiger partial charge in [0.2, 0.25) is 0 Å². The molecule has 2 rings (SSSR count). The summed E-state index contributed by atoms with van der Waals surface area (Å²) in [5.41, 5.74) is 0.991. The van der Waals surface area contributed by atoms with E-state index >= 15 is 0 Å². The minimum Gasteiger partial charge on any atom is -0.307 e. The molecule has 0 radical (unpaired) electrons. The summed E-state index contributed by atoms with van der Waals surface area (Å²) in [7, 11) is 0. The van der Waals surface area contributed by atoms with Gasteiger partial charge in [-0.15, -0.1) is 0 Å². The van der Waals surface area contributed by atoms with Gasteiger partial charge in [0.1, 0.15) is 0 Å². The van der Waals surface area contributed by atoms with E-state index in [2.05, 4.69) is 19.2 Å². The molecule has 0 saturated carbocycles. The van der Waals surface area contributed by atoms with Crippen molar-refractivity contribution < 1.29 is 13.2 Å². The van der Waals surface area contributed by atoms with Crippen LogP contribution in [-0.4, -0.2) is 6.54 Å². The van der Waals surface area contributed by atoms with E-state index in [-0.39, 0.29) is 5.54 Å². The zero-order valence-corrected chi connectivity index (χ0v) is 11.6. The normalized spacial score (nSPS) is 24.2. The van der Waals surface area contributed by atoms with Gasteiger partial charge < -0.3 is 5.32 Å². The van der Waals surface area contributed by atoms with Gasteiger partial charge in [0.15, 0.2) is 0 Å². The third-order valence-corrected chi connectivity index (χ3v) is 4.21. The molecule has 0 spiro atoms. The molecule has 1 aromatic rings. The molecule has 4 heteroatoms. The SMILES string of the molecule is Cc1cc(C(F)(F)F)ccc1C1(C(C)C)CCCN1. The largest absolute Gasteiger partial charge is 0.416 e. The summed E-state index contributed by atoms with van der Waals surface area (Å²) in [6, 6.07) is 4.11. The summed E-state index contributed by atoms with van der Waals surface area (Å²) in [5.74, 6) is 0.352. The van der Waals surface area contributed by atoms with Crippen LogP contribution in [0.25, 0.3) is 0 Å². The first-order valence-electron chi connectivity index (χ1n) is 6.71. The maximum absolute atomic E-state index is 12.7. The molecule has 106 valence electrons. The maximum atomic E-state index is 12.7. The predicted molar refractivity (Wildman–Crippen MR) is 69.9 cm³/mol. The van der Waals surface area contributed by atoms with E-state index in [9.17, 15) is 13.2 Å². The highest BCUT2D eigenvalue weighted by molar-refractivity contribution is 5.38. The van der Waals surface area contributed by atoms with E-state index in [1.54, 1.807) is 13.0 Å². The van der Waals surface area contributed by atoms with Crippen molar-refractivity contribution in [2.75, 3.05) is 6.54 Å². The van der Waals surface area contributed by atoms with E-state index in [1.807, 2.05) is 0 Å². The zero-order valence-electron chi connectivity index (χ0n) is 11.6. The molecule has 19 heavy (non-hydrogen) atoms. The fourth-order valence-electron chi connectivity index (χ4n) is 3.14. The topological polar surface area (TPSA) is 12.0 Å². The first kappa shape index (κ1) is 14.4. The van der Waals surface area contributed by atoms with Crippen molar-refractivity contribution in [3.8, 4) is 0 Å². The third kappa shape index (κ3) is 2.50. The lowest BCUT2D eigenvalue weighted by Gasteiger charge is -2.36. The summed E-state index contributed by atoms with van der Waals surface area (Å²) < 4.78 is 38.1. The van der Waals surface area contributed by atoms with Gasteiger partial charge in [0.25, 0.3) is 0 Å². The highest BCUT2D eigenvalue weighted by Crippen LogP contribution is 2.40. The van der Waals surface area contributed by atoms with Crippen molar-refractivity contribution in [2.45, 2.75) is 45.3 Å². The van der Waals surface area contributed by atoms with Crippen LogP contribution in [0.3, 0.4) is 0 Å². The number of benzene rings is 1. The third-order valence-electron chi connectivity index (χ3n) is 4.21. The number of hydrogen-bond donors (Lipinski definition) is 1. The number of aryl methyl sites for hydroxylation is 1. The average Bonchev–Trinajstić information content (AvgIpc) is 2.77. The van der Waals surface area contributed by atoms with E-state index in [0.717, 1.165) is 30.5 Å². The molecule has 0 amide bonds. The van der Waals surface area contributed by atoms with Crippen LogP contribution in [0.2, 0.25) is 0 Å². The Hall–Kier alpha value is -1.03. The van der Waals surface area contributed by atoms with Crippen molar-refractivity contribution in [2.24, 2.45) is 5.92 Å². The van der Waals surface area contributed by atoms with Crippen LogP contribution in [0.1, 0.15) is 43.4 Å².